The molecule has 1 atom stereocenters. The van der Waals surface area contributed by atoms with E-state index in [1.54, 1.807) is 25.1 Å². The molecule has 96 valence electrons. The average molecular weight is 330 g/mol. The van der Waals surface area contributed by atoms with Crippen molar-refractivity contribution in [3.05, 3.63) is 45.0 Å². The predicted octanol–water partition coefficient (Wildman–Crippen LogP) is 2.74. The number of hydrogen-bond acceptors (Lipinski definition) is 4. The summed E-state index contributed by atoms with van der Waals surface area (Å²) in [5.41, 5.74) is -1.21. The van der Waals surface area contributed by atoms with Gasteiger partial charge in [0.1, 0.15) is 11.4 Å². The zero-order valence-corrected chi connectivity index (χ0v) is 12.0. The van der Waals surface area contributed by atoms with Crippen LogP contribution in [0.1, 0.15) is 22.4 Å². The number of aliphatic hydroxyl groups is 1. The number of carbonyl (C=O) groups excluding carboxylic acids is 1. The fraction of sp³-hybridized carbons (Fsp3) is 0.250. The standard InChI is InChI=1S/C12H12BrNO3S/c1-12(16,10-3-2-4-17-10)7-14-11(15)9-5-8(13)6-18-9/h2-6,16H,7H2,1H3,(H,14,15)/t12-/m0/s1. The van der Waals surface area contributed by atoms with Crippen LogP contribution in [0.2, 0.25) is 0 Å². The number of nitrogens with one attached hydrogen (secondary N) is 1. The predicted molar refractivity (Wildman–Crippen MR) is 72.6 cm³/mol. The molecule has 0 bridgehead atoms. The molecule has 0 aliphatic rings. The van der Waals surface area contributed by atoms with Gasteiger partial charge in [-0.15, -0.1) is 11.3 Å². The first-order valence-corrected chi connectivity index (χ1v) is 6.95. The summed E-state index contributed by atoms with van der Waals surface area (Å²) < 4.78 is 6.00. The Hall–Kier alpha value is -1.11. The Morgan fingerprint density at radius 2 is 2.44 bits per heavy atom. The molecule has 0 fully saturated rings. The van der Waals surface area contributed by atoms with Crippen LogP contribution in [-0.2, 0) is 5.60 Å². The van der Waals surface area contributed by atoms with Crippen LogP contribution in [0, 0.1) is 0 Å². The number of carbonyl (C=O) groups is 1. The summed E-state index contributed by atoms with van der Waals surface area (Å²) in [7, 11) is 0. The van der Waals surface area contributed by atoms with Gasteiger partial charge in [0.15, 0.2) is 0 Å². The summed E-state index contributed by atoms with van der Waals surface area (Å²) in [6.45, 7) is 1.69. The number of amides is 1. The maximum Gasteiger partial charge on any atom is 0.261 e. The Balaban J connectivity index is 1.98. The SMILES string of the molecule is C[C@](O)(CNC(=O)c1cc(Br)cs1)c1ccco1. The minimum Gasteiger partial charge on any atom is -0.466 e. The highest BCUT2D eigenvalue weighted by Crippen LogP contribution is 2.22. The minimum atomic E-state index is -1.21. The second-order valence-corrected chi connectivity index (χ2v) is 5.89. The smallest absolute Gasteiger partial charge is 0.261 e. The number of halogens is 1. The lowest BCUT2D eigenvalue weighted by atomic mass is 10.0. The zero-order chi connectivity index (χ0) is 13.2. The normalized spacial score (nSPS) is 14.2. The fourth-order valence-corrected chi connectivity index (χ4v) is 2.79. The fourth-order valence-electron chi connectivity index (χ4n) is 1.44. The Morgan fingerprint density at radius 1 is 1.67 bits per heavy atom. The van der Waals surface area contributed by atoms with E-state index in [2.05, 4.69) is 21.2 Å². The Morgan fingerprint density at radius 3 is 3.00 bits per heavy atom. The zero-order valence-electron chi connectivity index (χ0n) is 9.64. The lowest BCUT2D eigenvalue weighted by Gasteiger charge is -2.20. The van der Waals surface area contributed by atoms with Crippen LogP contribution in [0.5, 0.6) is 0 Å². The summed E-state index contributed by atoms with van der Waals surface area (Å²) in [5, 5.41) is 14.7. The van der Waals surface area contributed by atoms with Gasteiger partial charge in [-0.2, -0.15) is 0 Å². The summed E-state index contributed by atoms with van der Waals surface area (Å²) in [6, 6.07) is 5.11. The third-order valence-corrected chi connectivity index (χ3v) is 4.13. The van der Waals surface area contributed by atoms with E-state index in [9.17, 15) is 9.90 Å². The van der Waals surface area contributed by atoms with Gasteiger partial charge in [-0.3, -0.25) is 4.79 Å². The van der Waals surface area contributed by atoms with Gasteiger partial charge in [0.2, 0.25) is 0 Å². The van der Waals surface area contributed by atoms with Crippen LogP contribution >= 0.6 is 27.3 Å². The molecule has 0 saturated carbocycles. The monoisotopic (exact) mass is 329 g/mol. The molecule has 2 aromatic heterocycles. The first-order chi connectivity index (χ1) is 8.49. The average Bonchev–Trinajstić information content (AvgIpc) is 2.96. The second kappa shape index (κ2) is 5.26. The van der Waals surface area contributed by atoms with E-state index in [1.165, 1.54) is 17.6 Å². The summed E-state index contributed by atoms with van der Waals surface area (Å²) >= 11 is 4.63. The molecule has 2 heterocycles. The highest BCUT2D eigenvalue weighted by atomic mass is 79.9. The molecule has 2 aromatic rings. The van der Waals surface area contributed by atoms with E-state index < -0.39 is 5.60 Å². The molecular weight excluding hydrogens is 318 g/mol. The first kappa shape index (κ1) is 13.3. The quantitative estimate of drug-likeness (QED) is 0.906. The summed E-state index contributed by atoms with van der Waals surface area (Å²) in [5.74, 6) is 0.215. The first-order valence-electron chi connectivity index (χ1n) is 5.27. The van der Waals surface area contributed by atoms with E-state index >= 15 is 0 Å². The van der Waals surface area contributed by atoms with Crippen molar-refractivity contribution in [1.82, 2.24) is 5.32 Å². The summed E-state index contributed by atoms with van der Waals surface area (Å²) in [6.07, 6.45) is 1.49. The number of thiophene rings is 1. The van der Waals surface area contributed by atoms with Crippen molar-refractivity contribution in [3.63, 3.8) is 0 Å². The van der Waals surface area contributed by atoms with Crippen molar-refractivity contribution in [2.24, 2.45) is 0 Å². The van der Waals surface area contributed by atoms with Crippen molar-refractivity contribution >= 4 is 33.2 Å². The molecule has 18 heavy (non-hydrogen) atoms. The molecule has 4 nitrogen and oxygen atoms in total. The maximum atomic E-state index is 11.8. The van der Waals surface area contributed by atoms with E-state index in [1.807, 2.05) is 5.38 Å². The molecule has 0 aliphatic carbocycles. The van der Waals surface area contributed by atoms with Gasteiger partial charge in [-0.05, 0) is 41.1 Å². The number of furan rings is 1. The van der Waals surface area contributed by atoms with Gasteiger partial charge in [0.25, 0.3) is 5.91 Å². The number of rotatable bonds is 4. The van der Waals surface area contributed by atoms with Crippen molar-refractivity contribution < 1.29 is 14.3 Å². The number of hydrogen-bond donors (Lipinski definition) is 2. The van der Waals surface area contributed by atoms with Gasteiger partial charge in [-0.25, -0.2) is 0 Å². The van der Waals surface area contributed by atoms with Gasteiger partial charge in [0.05, 0.1) is 17.7 Å². The van der Waals surface area contributed by atoms with Crippen LogP contribution in [0.15, 0.2) is 38.7 Å². The summed E-state index contributed by atoms with van der Waals surface area (Å²) in [4.78, 5) is 12.4. The van der Waals surface area contributed by atoms with E-state index in [0.29, 0.717) is 10.6 Å². The molecule has 0 unspecified atom stereocenters. The van der Waals surface area contributed by atoms with E-state index in [-0.39, 0.29) is 12.5 Å². The largest absolute Gasteiger partial charge is 0.466 e. The van der Waals surface area contributed by atoms with Crippen molar-refractivity contribution in [2.45, 2.75) is 12.5 Å². The molecule has 2 rings (SSSR count). The Kier molecular flexibility index (Phi) is 3.89. The highest BCUT2D eigenvalue weighted by Gasteiger charge is 2.27. The maximum absolute atomic E-state index is 11.8. The van der Waals surface area contributed by atoms with Gasteiger partial charge in [-0.1, -0.05) is 0 Å². The van der Waals surface area contributed by atoms with Crippen molar-refractivity contribution in [2.75, 3.05) is 6.54 Å². The molecule has 1 amide bonds. The van der Waals surface area contributed by atoms with Crippen LogP contribution in [0.4, 0.5) is 0 Å². The van der Waals surface area contributed by atoms with Crippen LogP contribution < -0.4 is 5.32 Å². The third-order valence-electron chi connectivity index (χ3n) is 2.44. The molecule has 0 saturated heterocycles. The third kappa shape index (κ3) is 3.01. The Labute approximate surface area is 117 Å². The highest BCUT2D eigenvalue weighted by molar-refractivity contribution is 9.10. The molecule has 2 N–H and O–H groups in total. The molecular formula is C12H12BrNO3S. The molecule has 0 aromatic carbocycles. The van der Waals surface area contributed by atoms with E-state index in [0.717, 1.165) is 4.47 Å². The molecule has 6 heteroatoms. The molecule has 0 spiro atoms. The van der Waals surface area contributed by atoms with Crippen LogP contribution in [-0.4, -0.2) is 17.6 Å². The van der Waals surface area contributed by atoms with Gasteiger partial charge >= 0.3 is 0 Å². The molecule has 0 radical (unpaired) electrons. The molecule has 0 aliphatic heterocycles. The van der Waals surface area contributed by atoms with Crippen molar-refractivity contribution in [3.8, 4) is 0 Å². The van der Waals surface area contributed by atoms with Crippen molar-refractivity contribution in [1.29, 1.82) is 0 Å². The minimum absolute atomic E-state index is 0.0921. The van der Waals surface area contributed by atoms with Crippen LogP contribution in [0.3, 0.4) is 0 Å². The van der Waals surface area contributed by atoms with Gasteiger partial charge in [0, 0.05) is 9.85 Å². The topological polar surface area (TPSA) is 62.5 Å². The lowest BCUT2D eigenvalue weighted by Crippen LogP contribution is -2.38. The lowest BCUT2D eigenvalue weighted by molar-refractivity contribution is 0.0331. The second-order valence-electron chi connectivity index (χ2n) is 4.06. The van der Waals surface area contributed by atoms with E-state index in [4.69, 9.17) is 4.42 Å². The van der Waals surface area contributed by atoms with Crippen LogP contribution in [0.25, 0.3) is 0 Å². The van der Waals surface area contributed by atoms with Gasteiger partial charge < -0.3 is 14.8 Å². The Bertz CT molecular complexity index is 533.